The molecule has 1 amide bonds. The van der Waals surface area contributed by atoms with Crippen LogP contribution < -0.4 is 5.32 Å². The largest absolute Gasteiger partial charge is 0.373 e. The topological polar surface area (TPSA) is 41.6 Å². The summed E-state index contributed by atoms with van der Waals surface area (Å²) >= 11 is 0. The summed E-state index contributed by atoms with van der Waals surface area (Å²) < 4.78 is 5.68. The number of carbonyl (C=O) groups is 1. The Labute approximate surface area is 131 Å². The molecule has 0 aliphatic carbocycles. The lowest BCUT2D eigenvalue weighted by Gasteiger charge is -2.37. The maximum absolute atomic E-state index is 12.3. The predicted octanol–water partition coefficient (Wildman–Crippen LogP) is 2.89. The number of carbonyl (C=O) groups excluding carboxylic acids is 1. The molecule has 0 bridgehead atoms. The Kier molecular flexibility index (Phi) is 4.14. The average molecular weight is 298 g/mol. The lowest BCUT2D eigenvalue weighted by atomic mass is 10.1. The second kappa shape index (κ2) is 6.07. The average Bonchev–Trinajstić information content (AvgIpc) is 2.46. The van der Waals surface area contributed by atoms with Crippen molar-refractivity contribution in [1.29, 1.82) is 0 Å². The smallest absolute Gasteiger partial charge is 0.238 e. The van der Waals surface area contributed by atoms with Crippen molar-refractivity contribution in [3.8, 4) is 0 Å². The van der Waals surface area contributed by atoms with Gasteiger partial charge in [0.15, 0.2) is 0 Å². The van der Waals surface area contributed by atoms with Crippen LogP contribution in [-0.2, 0) is 9.53 Å². The molecule has 0 spiro atoms. The van der Waals surface area contributed by atoms with E-state index < -0.39 is 0 Å². The van der Waals surface area contributed by atoms with E-state index in [0.717, 1.165) is 29.5 Å². The fourth-order valence-electron chi connectivity index (χ4n) is 2.98. The molecule has 1 saturated heterocycles. The number of nitrogens with zero attached hydrogens (tertiary/aromatic N) is 1. The van der Waals surface area contributed by atoms with Gasteiger partial charge in [-0.2, -0.15) is 0 Å². The van der Waals surface area contributed by atoms with E-state index in [9.17, 15) is 4.79 Å². The standard InChI is InChI=1S/C18H22N2O2/c1-18(2)13-20(10-11-22-18)12-17(21)19-16-9-5-7-14-6-3-4-8-15(14)16/h3-9H,10-13H2,1-2H3,(H,19,21). The van der Waals surface area contributed by atoms with E-state index in [2.05, 4.69) is 36.2 Å². The molecule has 1 fully saturated rings. The molecule has 1 aliphatic rings. The number of fused-ring (bicyclic) bond motifs is 1. The van der Waals surface area contributed by atoms with Crippen molar-refractivity contribution >= 4 is 22.4 Å². The quantitative estimate of drug-likeness (QED) is 0.947. The molecular weight excluding hydrogens is 276 g/mol. The van der Waals surface area contributed by atoms with Gasteiger partial charge in [0.1, 0.15) is 0 Å². The molecule has 1 heterocycles. The number of anilines is 1. The van der Waals surface area contributed by atoms with Gasteiger partial charge in [0.25, 0.3) is 0 Å². The third-order valence-corrected chi connectivity index (χ3v) is 3.94. The highest BCUT2D eigenvalue weighted by Crippen LogP contribution is 2.23. The van der Waals surface area contributed by atoms with Gasteiger partial charge in [0.05, 0.1) is 18.8 Å². The second-order valence-electron chi connectivity index (χ2n) is 6.39. The van der Waals surface area contributed by atoms with Crippen LogP contribution in [0.4, 0.5) is 5.69 Å². The summed E-state index contributed by atoms with van der Waals surface area (Å²) in [6.45, 7) is 6.76. The Morgan fingerprint density at radius 3 is 2.82 bits per heavy atom. The Balaban J connectivity index is 1.68. The van der Waals surface area contributed by atoms with Crippen LogP contribution in [0.5, 0.6) is 0 Å². The molecule has 4 heteroatoms. The van der Waals surface area contributed by atoms with Crippen molar-refractivity contribution in [3.63, 3.8) is 0 Å². The highest BCUT2D eigenvalue weighted by molar-refractivity contribution is 6.02. The summed E-state index contributed by atoms with van der Waals surface area (Å²) in [7, 11) is 0. The van der Waals surface area contributed by atoms with Gasteiger partial charge in [-0.25, -0.2) is 0 Å². The van der Waals surface area contributed by atoms with E-state index in [1.54, 1.807) is 0 Å². The van der Waals surface area contributed by atoms with Crippen molar-refractivity contribution in [1.82, 2.24) is 4.90 Å². The predicted molar refractivity (Wildman–Crippen MR) is 89.0 cm³/mol. The molecule has 22 heavy (non-hydrogen) atoms. The number of ether oxygens (including phenoxy) is 1. The Morgan fingerprint density at radius 2 is 2.00 bits per heavy atom. The van der Waals surface area contributed by atoms with Crippen LogP contribution in [0.25, 0.3) is 10.8 Å². The monoisotopic (exact) mass is 298 g/mol. The molecule has 3 rings (SSSR count). The molecule has 4 nitrogen and oxygen atoms in total. The van der Waals surface area contributed by atoms with Gasteiger partial charge in [0, 0.05) is 24.2 Å². The van der Waals surface area contributed by atoms with Gasteiger partial charge in [-0.05, 0) is 25.3 Å². The fraction of sp³-hybridized carbons (Fsp3) is 0.389. The minimum absolute atomic E-state index is 0.0223. The lowest BCUT2D eigenvalue weighted by molar-refractivity contribution is -0.122. The van der Waals surface area contributed by atoms with Gasteiger partial charge in [-0.15, -0.1) is 0 Å². The molecule has 0 saturated carbocycles. The Hall–Kier alpha value is -1.91. The van der Waals surface area contributed by atoms with E-state index in [4.69, 9.17) is 4.74 Å². The zero-order valence-corrected chi connectivity index (χ0v) is 13.1. The van der Waals surface area contributed by atoms with Crippen molar-refractivity contribution in [2.75, 3.05) is 31.6 Å². The number of rotatable bonds is 3. The minimum atomic E-state index is -0.183. The summed E-state index contributed by atoms with van der Waals surface area (Å²) in [6.07, 6.45) is 0. The van der Waals surface area contributed by atoms with Crippen molar-refractivity contribution in [2.45, 2.75) is 19.4 Å². The number of nitrogens with one attached hydrogen (secondary N) is 1. The Bertz CT molecular complexity index is 676. The van der Waals surface area contributed by atoms with Gasteiger partial charge in [-0.3, -0.25) is 9.69 Å². The minimum Gasteiger partial charge on any atom is -0.373 e. The first-order valence-electron chi connectivity index (χ1n) is 7.67. The van der Waals surface area contributed by atoms with Crippen molar-refractivity contribution in [3.05, 3.63) is 42.5 Å². The third kappa shape index (κ3) is 3.46. The summed E-state index contributed by atoms with van der Waals surface area (Å²) in [5, 5.41) is 5.24. The van der Waals surface area contributed by atoms with Crippen LogP contribution in [0, 0.1) is 0 Å². The van der Waals surface area contributed by atoms with Crippen LogP contribution >= 0.6 is 0 Å². The molecule has 116 valence electrons. The number of benzene rings is 2. The Morgan fingerprint density at radius 1 is 1.23 bits per heavy atom. The summed E-state index contributed by atoms with van der Waals surface area (Å²) in [5.41, 5.74) is 0.688. The number of hydrogen-bond donors (Lipinski definition) is 1. The first kappa shape index (κ1) is 15.0. The lowest BCUT2D eigenvalue weighted by Crippen LogP contribution is -2.50. The number of amides is 1. The fourth-order valence-corrected chi connectivity index (χ4v) is 2.98. The van der Waals surface area contributed by atoms with E-state index in [1.807, 2.05) is 30.3 Å². The number of morpholine rings is 1. The first-order valence-corrected chi connectivity index (χ1v) is 7.67. The highest BCUT2D eigenvalue weighted by Gasteiger charge is 2.28. The summed E-state index contributed by atoms with van der Waals surface area (Å²) in [5.74, 6) is 0.0223. The van der Waals surface area contributed by atoms with Gasteiger partial charge >= 0.3 is 0 Å². The summed E-state index contributed by atoms with van der Waals surface area (Å²) in [4.78, 5) is 14.5. The first-order chi connectivity index (χ1) is 10.5. The summed E-state index contributed by atoms with van der Waals surface area (Å²) in [6, 6.07) is 14.0. The van der Waals surface area contributed by atoms with Gasteiger partial charge in [-0.1, -0.05) is 36.4 Å². The normalized spacial score (nSPS) is 18.3. The molecule has 2 aromatic rings. The van der Waals surface area contributed by atoms with Crippen LogP contribution in [-0.4, -0.2) is 42.6 Å². The van der Waals surface area contributed by atoms with Crippen LogP contribution in [0.15, 0.2) is 42.5 Å². The van der Waals surface area contributed by atoms with Crippen LogP contribution in [0.2, 0.25) is 0 Å². The second-order valence-corrected chi connectivity index (χ2v) is 6.39. The van der Waals surface area contributed by atoms with Crippen LogP contribution in [0.1, 0.15) is 13.8 Å². The third-order valence-electron chi connectivity index (χ3n) is 3.94. The van der Waals surface area contributed by atoms with Gasteiger partial charge in [0.2, 0.25) is 5.91 Å². The van der Waals surface area contributed by atoms with Crippen molar-refractivity contribution < 1.29 is 9.53 Å². The molecule has 2 aromatic carbocycles. The maximum Gasteiger partial charge on any atom is 0.238 e. The zero-order valence-electron chi connectivity index (χ0n) is 13.1. The number of hydrogen-bond acceptors (Lipinski definition) is 3. The van der Waals surface area contributed by atoms with Crippen molar-refractivity contribution in [2.24, 2.45) is 0 Å². The molecular formula is C18H22N2O2. The molecule has 0 radical (unpaired) electrons. The van der Waals surface area contributed by atoms with Crippen LogP contribution in [0.3, 0.4) is 0 Å². The van der Waals surface area contributed by atoms with E-state index >= 15 is 0 Å². The zero-order chi connectivity index (χ0) is 15.6. The maximum atomic E-state index is 12.3. The van der Waals surface area contributed by atoms with E-state index in [0.29, 0.717) is 13.2 Å². The molecule has 0 aromatic heterocycles. The molecule has 0 unspecified atom stereocenters. The van der Waals surface area contributed by atoms with E-state index in [-0.39, 0.29) is 11.5 Å². The highest BCUT2D eigenvalue weighted by atomic mass is 16.5. The SMILES string of the molecule is CC1(C)CN(CC(=O)Nc2cccc3ccccc23)CCO1. The molecule has 1 N–H and O–H groups in total. The van der Waals surface area contributed by atoms with Gasteiger partial charge < -0.3 is 10.1 Å². The molecule has 1 aliphatic heterocycles. The van der Waals surface area contributed by atoms with E-state index in [1.165, 1.54) is 0 Å². The molecule has 0 atom stereocenters.